The van der Waals surface area contributed by atoms with Gasteiger partial charge >= 0.3 is 0 Å². The number of anilines is 1. The van der Waals surface area contributed by atoms with Gasteiger partial charge < -0.3 is 9.73 Å². The molecule has 4 nitrogen and oxygen atoms in total. The number of amides is 1. The number of hydrogen-bond acceptors (Lipinski definition) is 3. The highest BCUT2D eigenvalue weighted by Crippen LogP contribution is 2.49. The molecule has 0 unspecified atom stereocenters. The van der Waals surface area contributed by atoms with Crippen molar-refractivity contribution in [1.82, 2.24) is 4.98 Å². The Balaban J connectivity index is 1.58. The third kappa shape index (κ3) is 2.91. The van der Waals surface area contributed by atoms with Crippen molar-refractivity contribution < 1.29 is 9.21 Å². The molecule has 1 heterocycles. The molecule has 0 atom stereocenters. The molecule has 1 amide bonds. The molecule has 1 aliphatic carbocycles. The summed E-state index contributed by atoms with van der Waals surface area (Å²) >= 11 is 5.95. The van der Waals surface area contributed by atoms with Crippen LogP contribution in [0.4, 0.5) is 5.69 Å². The highest BCUT2D eigenvalue weighted by molar-refractivity contribution is 6.30. The zero-order valence-electron chi connectivity index (χ0n) is 14.2. The molecule has 1 N–H and O–H groups in total. The molecule has 4 rings (SSSR count). The molecule has 0 bridgehead atoms. The number of nitrogens with one attached hydrogen (secondary N) is 1. The summed E-state index contributed by atoms with van der Waals surface area (Å²) in [5, 5.41) is 3.71. The van der Waals surface area contributed by atoms with Crippen LogP contribution in [0.5, 0.6) is 0 Å². The summed E-state index contributed by atoms with van der Waals surface area (Å²) in [6.45, 7) is 4.08. The number of nitrogens with zero attached hydrogens (tertiary/aromatic N) is 1. The van der Waals surface area contributed by atoms with Crippen LogP contribution in [0.15, 0.2) is 46.9 Å². The third-order valence-corrected chi connectivity index (χ3v) is 4.99. The first kappa shape index (κ1) is 16.2. The van der Waals surface area contributed by atoms with Gasteiger partial charge in [-0.2, -0.15) is 0 Å². The van der Waals surface area contributed by atoms with Crippen LogP contribution in [-0.4, -0.2) is 10.9 Å². The molecular formula is C20H19ClN2O2. The lowest BCUT2D eigenvalue weighted by Gasteiger charge is -2.16. The van der Waals surface area contributed by atoms with Gasteiger partial charge in [-0.15, -0.1) is 0 Å². The van der Waals surface area contributed by atoms with Gasteiger partial charge in [0.2, 0.25) is 5.91 Å². The monoisotopic (exact) mass is 354 g/mol. The molecule has 0 spiro atoms. The minimum Gasteiger partial charge on any atom is -0.440 e. The number of fused-ring (bicyclic) bond motifs is 1. The first-order chi connectivity index (χ1) is 12.0. The van der Waals surface area contributed by atoms with Crippen LogP contribution in [0.2, 0.25) is 5.02 Å². The van der Waals surface area contributed by atoms with E-state index >= 15 is 0 Å². The van der Waals surface area contributed by atoms with Crippen molar-refractivity contribution >= 4 is 34.3 Å². The topological polar surface area (TPSA) is 55.1 Å². The Hall–Kier alpha value is -2.33. The number of hydrogen-bond donors (Lipinski definition) is 1. The molecule has 0 saturated heterocycles. The van der Waals surface area contributed by atoms with Crippen molar-refractivity contribution in [3.8, 4) is 0 Å². The van der Waals surface area contributed by atoms with Gasteiger partial charge in [0.25, 0.3) is 0 Å². The number of aromatic nitrogens is 1. The number of carbonyl (C=O) groups excluding carboxylic acids is 1. The van der Waals surface area contributed by atoms with Gasteiger partial charge in [0.05, 0.1) is 5.41 Å². The first-order valence-corrected chi connectivity index (χ1v) is 8.84. The zero-order chi connectivity index (χ0) is 17.6. The summed E-state index contributed by atoms with van der Waals surface area (Å²) in [7, 11) is 0. The third-order valence-electron chi connectivity index (χ3n) is 4.74. The van der Waals surface area contributed by atoms with E-state index in [2.05, 4.69) is 10.3 Å². The van der Waals surface area contributed by atoms with Crippen molar-refractivity contribution in [2.75, 3.05) is 5.32 Å². The zero-order valence-corrected chi connectivity index (χ0v) is 14.9. The Morgan fingerprint density at radius 3 is 2.56 bits per heavy atom. The number of rotatable bonds is 4. The molecule has 128 valence electrons. The molecule has 0 aliphatic heterocycles. The Bertz CT molecular complexity index is 940. The maximum absolute atomic E-state index is 12.8. The standard InChI is InChI=1S/C20H19ClN2O2/c1-12(2)18-23-16-11-15(7-8-17(16)25-18)22-19(24)20(9-10-20)13-3-5-14(21)6-4-13/h3-8,11-12H,9-10H2,1-2H3,(H,22,24). The highest BCUT2D eigenvalue weighted by atomic mass is 35.5. The Labute approximate surface area is 151 Å². The highest BCUT2D eigenvalue weighted by Gasteiger charge is 2.51. The van der Waals surface area contributed by atoms with Crippen LogP contribution in [0, 0.1) is 0 Å². The van der Waals surface area contributed by atoms with Gasteiger partial charge in [-0.3, -0.25) is 4.79 Å². The minimum absolute atomic E-state index is 0.0155. The largest absolute Gasteiger partial charge is 0.440 e. The van der Waals surface area contributed by atoms with Gasteiger partial charge in [0.1, 0.15) is 5.52 Å². The maximum atomic E-state index is 12.8. The lowest BCUT2D eigenvalue weighted by atomic mass is 9.95. The molecule has 1 aromatic heterocycles. The Kier molecular flexibility index (Phi) is 3.80. The molecule has 1 fully saturated rings. The van der Waals surface area contributed by atoms with Crippen molar-refractivity contribution in [1.29, 1.82) is 0 Å². The van der Waals surface area contributed by atoms with E-state index in [9.17, 15) is 4.79 Å². The van der Waals surface area contributed by atoms with E-state index in [1.165, 1.54) is 0 Å². The van der Waals surface area contributed by atoms with E-state index in [0.29, 0.717) is 10.9 Å². The fourth-order valence-corrected chi connectivity index (χ4v) is 3.19. The normalized spacial score (nSPS) is 15.5. The summed E-state index contributed by atoms with van der Waals surface area (Å²) in [4.78, 5) is 17.3. The van der Waals surface area contributed by atoms with Crippen molar-refractivity contribution in [2.24, 2.45) is 0 Å². The lowest BCUT2D eigenvalue weighted by Crippen LogP contribution is -2.27. The van der Waals surface area contributed by atoms with Crippen molar-refractivity contribution in [3.63, 3.8) is 0 Å². The second kappa shape index (κ2) is 5.88. The van der Waals surface area contributed by atoms with Crippen LogP contribution in [0.1, 0.15) is 44.1 Å². The summed E-state index contributed by atoms with van der Waals surface area (Å²) in [6.07, 6.45) is 1.70. The maximum Gasteiger partial charge on any atom is 0.235 e. The average molecular weight is 355 g/mol. The molecule has 3 aromatic rings. The van der Waals surface area contributed by atoms with Crippen molar-refractivity contribution in [2.45, 2.75) is 38.0 Å². The molecule has 1 saturated carbocycles. The summed E-state index contributed by atoms with van der Waals surface area (Å²) < 4.78 is 5.71. The quantitative estimate of drug-likeness (QED) is 0.693. The van der Waals surface area contributed by atoms with E-state index in [1.807, 2.05) is 56.3 Å². The summed E-state index contributed by atoms with van der Waals surface area (Å²) in [6, 6.07) is 13.1. The Morgan fingerprint density at radius 2 is 1.92 bits per heavy atom. The lowest BCUT2D eigenvalue weighted by molar-refractivity contribution is -0.118. The van der Waals surface area contributed by atoms with Gasteiger partial charge in [-0.25, -0.2) is 4.98 Å². The van der Waals surface area contributed by atoms with Gasteiger partial charge in [-0.05, 0) is 48.7 Å². The predicted molar refractivity (Wildman–Crippen MR) is 99.1 cm³/mol. The van der Waals surface area contributed by atoms with Crippen LogP contribution < -0.4 is 5.32 Å². The second-order valence-electron chi connectivity index (χ2n) is 6.93. The van der Waals surface area contributed by atoms with Crippen LogP contribution in [0.3, 0.4) is 0 Å². The van der Waals surface area contributed by atoms with Crippen LogP contribution in [0.25, 0.3) is 11.1 Å². The fraction of sp³-hybridized carbons (Fsp3) is 0.300. The second-order valence-corrected chi connectivity index (χ2v) is 7.37. The van der Waals surface area contributed by atoms with Gasteiger partial charge in [0.15, 0.2) is 11.5 Å². The number of carbonyl (C=O) groups is 1. The Morgan fingerprint density at radius 1 is 1.20 bits per heavy atom. The average Bonchev–Trinajstić information content (AvgIpc) is 3.28. The predicted octanol–water partition coefficient (Wildman–Crippen LogP) is 5.27. The van der Waals surface area contributed by atoms with Gasteiger partial charge in [-0.1, -0.05) is 37.6 Å². The first-order valence-electron chi connectivity index (χ1n) is 8.46. The fourth-order valence-electron chi connectivity index (χ4n) is 3.06. The van der Waals surface area contributed by atoms with E-state index in [0.717, 1.165) is 35.2 Å². The smallest absolute Gasteiger partial charge is 0.235 e. The van der Waals surface area contributed by atoms with Gasteiger partial charge in [0, 0.05) is 16.6 Å². The van der Waals surface area contributed by atoms with E-state index in [4.69, 9.17) is 16.0 Å². The molecule has 25 heavy (non-hydrogen) atoms. The van der Waals surface area contributed by atoms with E-state index in [-0.39, 0.29) is 11.8 Å². The SMILES string of the molecule is CC(C)c1nc2cc(NC(=O)C3(c4ccc(Cl)cc4)CC3)ccc2o1. The van der Waals surface area contributed by atoms with Crippen molar-refractivity contribution in [3.05, 3.63) is 58.9 Å². The molecule has 1 aliphatic rings. The molecular weight excluding hydrogens is 336 g/mol. The minimum atomic E-state index is -0.438. The number of oxazole rings is 1. The van der Waals surface area contributed by atoms with E-state index < -0.39 is 5.41 Å². The number of halogens is 1. The van der Waals surface area contributed by atoms with E-state index in [1.54, 1.807) is 0 Å². The molecule has 0 radical (unpaired) electrons. The van der Waals surface area contributed by atoms with Crippen LogP contribution >= 0.6 is 11.6 Å². The van der Waals surface area contributed by atoms with Crippen LogP contribution in [-0.2, 0) is 10.2 Å². The molecule has 5 heteroatoms. The number of benzene rings is 2. The summed E-state index contributed by atoms with van der Waals surface area (Å²) in [5.41, 5.74) is 2.81. The summed E-state index contributed by atoms with van der Waals surface area (Å²) in [5.74, 6) is 0.949. The molecule has 2 aromatic carbocycles.